The van der Waals surface area contributed by atoms with Crippen LogP contribution >= 0.6 is 0 Å². The number of hydrogen-bond donors (Lipinski definition) is 1. The summed E-state index contributed by atoms with van der Waals surface area (Å²) in [5.74, 6) is 0. The molecule has 0 saturated carbocycles. The minimum Gasteiger partial charge on any atom is -0.328 e. The number of H-pyrrole nitrogens is 1. The van der Waals surface area contributed by atoms with Gasteiger partial charge in [-0.2, -0.15) is 5.26 Å². The van der Waals surface area contributed by atoms with Gasteiger partial charge in [0.2, 0.25) is 0 Å². The van der Waals surface area contributed by atoms with E-state index < -0.39 is 0 Å². The van der Waals surface area contributed by atoms with Gasteiger partial charge in [0.25, 0.3) is 5.56 Å². The van der Waals surface area contributed by atoms with E-state index in [9.17, 15) is 4.79 Å². The number of benzene rings is 1. The second-order valence-corrected chi connectivity index (χ2v) is 3.45. The molecule has 2 rings (SSSR count). The molecule has 78 valence electrons. The number of nitriles is 1. The van der Waals surface area contributed by atoms with Gasteiger partial charge in [-0.3, -0.25) is 4.79 Å². The molecule has 0 atom stereocenters. The van der Waals surface area contributed by atoms with Crippen molar-refractivity contribution in [2.75, 3.05) is 0 Å². The summed E-state index contributed by atoms with van der Waals surface area (Å²) in [5, 5.41) is 8.61. The largest absolute Gasteiger partial charge is 0.328 e. The number of aromatic amines is 1. The fourth-order valence-electron chi connectivity index (χ4n) is 1.55. The van der Waals surface area contributed by atoms with Crippen LogP contribution < -0.4 is 5.56 Å². The topological polar surface area (TPSA) is 56.6 Å². The summed E-state index contributed by atoms with van der Waals surface area (Å²) in [6.45, 7) is 0. The van der Waals surface area contributed by atoms with Crippen molar-refractivity contribution in [1.82, 2.24) is 4.98 Å². The molecule has 0 aliphatic heterocycles. The van der Waals surface area contributed by atoms with E-state index in [2.05, 4.69) is 11.1 Å². The van der Waals surface area contributed by atoms with E-state index in [0.29, 0.717) is 12.0 Å². The Morgan fingerprint density at radius 2 is 2.00 bits per heavy atom. The number of hydrogen-bond acceptors (Lipinski definition) is 2. The molecule has 0 spiro atoms. The summed E-state index contributed by atoms with van der Waals surface area (Å²) >= 11 is 0. The molecule has 0 aliphatic rings. The van der Waals surface area contributed by atoms with Crippen LogP contribution in [-0.2, 0) is 6.42 Å². The predicted octanol–water partition coefficient (Wildman–Crippen LogP) is 2.11. The van der Waals surface area contributed by atoms with Crippen molar-refractivity contribution >= 4 is 0 Å². The summed E-state index contributed by atoms with van der Waals surface area (Å²) in [7, 11) is 0. The molecule has 0 aliphatic carbocycles. The van der Waals surface area contributed by atoms with Gasteiger partial charge < -0.3 is 4.98 Å². The summed E-state index contributed by atoms with van der Waals surface area (Å²) in [6, 6.07) is 13.2. The highest BCUT2D eigenvalue weighted by molar-refractivity contribution is 5.62. The number of nitrogens with one attached hydrogen (secondary N) is 1. The third-order valence-electron chi connectivity index (χ3n) is 2.33. The standard InChI is InChI=1S/C13H10N2O/c14-7-6-10-8-12(13(16)15-9-10)11-4-2-1-3-5-11/h1-5,8-9H,6H2,(H,15,16). The van der Waals surface area contributed by atoms with Crippen LogP contribution in [-0.4, -0.2) is 4.98 Å². The SMILES string of the molecule is N#CCc1c[nH]c(=O)c(-c2ccccc2)c1. The lowest BCUT2D eigenvalue weighted by molar-refractivity contribution is 1.15. The van der Waals surface area contributed by atoms with Crippen LogP contribution in [0.25, 0.3) is 11.1 Å². The number of nitrogens with zero attached hydrogens (tertiary/aromatic N) is 1. The Balaban J connectivity index is 2.53. The first-order chi connectivity index (χ1) is 7.81. The third-order valence-corrected chi connectivity index (χ3v) is 2.33. The molecule has 1 N–H and O–H groups in total. The van der Waals surface area contributed by atoms with Crippen LogP contribution in [0, 0.1) is 11.3 Å². The molecule has 3 nitrogen and oxygen atoms in total. The van der Waals surface area contributed by atoms with Gasteiger partial charge in [-0.25, -0.2) is 0 Å². The molecule has 0 saturated heterocycles. The van der Waals surface area contributed by atoms with E-state index in [1.165, 1.54) is 0 Å². The normalized spacial score (nSPS) is 9.69. The third kappa shape index (κ3) is 2.01. The fourth-order valence-corrected chi connectivity index (χ4v) is 1.55. The van der Waals surface area contributed by atoms with Crippen molar-refractivity contribution in [3.8, 4) is 17.2 Å². The highest BCUT2D eigenvalue weighted by atomic mass is 16.1. The molecule has 0 amide bonds. The van der Waals surface area contributed by atoms with Gasteiger partial charge >= 0.3 is 0 Å². The van der Waals surface area contributed by atoms with Crippen molar-refractivity contribution in [2.24, 2.45) is 0 Å². The van der Waals surface area contributed by atoms with E-state index in [0.717, 1.165) is 11.1 Å². The Hall–Kier alpha value is -2.34. The zero-order chi connectivity index (χ0) is 11.4. The van der Waals surface area contributed by atoms with Crippen LogP contribution in [0.15, 0.2) is 47.4 Å². The Bertz CT molecular complexity index is 579. The minimum atomic E-state index is -0.132. The Labute approximate surface area is 93.0 Å². The molecule has 0 unspecified atom stereocenters. The number of pyridine rings is 1. The summed E-state index contributed by atoms with van der Waals surface area (Å²) in [4.78, 5) is 14.3. The molecule has 16 heavy (non-hydrogen) atoms. The summed E-state index contributed by atoms with van der Waals surface area (Å²) in [5.41, 5.74) is 2.16. The monoisotopic (exact) mass is 210 g/mol. The van der Waals surface area contributed by atoms with Crippen molar-refractivity contribution < 1.29 is 0 Å². The molecular formula is C13H10N2O. The lowest BCUT2D eigenvalue weighted by atomic mass is 10.1. The van der Waals surface area contributed by atoms with E-state index >= 15 is 0 Å². The van der Waals surface area contributed by atoms with Crippen LogP contribution in [0.1, 0.15) is 5.56 Å². The van der Waals surface area contributed by atoms with Crippen molar-refractivity contribution in [2.45, 2.75) is 6.42 Å². The van der Waals surface area contributed by atoms with Gasteiger partial charge in [-0.05, 0) is 17.2 Å². The molecule has 1 heterocycles. The minimum absolute atomic E-state index is 0.132. The van der Waals surface area contributed by atoms with E-state index in [1.54, 1.807) is 12.3 Å². The van der Waals surface area contributed by atoms with E-state index in [-0.39, 0.29) is 5.56 Å². The van der Waals surface area contributed by atoms with Crippen LogP contribution in [0.5, 0.6) is 0 Å². The Morgan fingerprint density at radius 3 is 2.69 bits per heavy atom. The van der Waals surface area contributed by atoms with Gasteiger partial charge in [-0.1, -0.05) is 30.3 Å². The quantitative estimate of drug-likeness (QED) is 0.825. The van der Waals surface area contributed by atoms with Gasteiger partial charge in [0.15, 0.2) is 0 Å². The fraction of sp³-hybridized carbons (Fsp3) is 0.0769. The van der Waals surface area contributed by atoms with Crippen LogP contribution in [0.4, 0.5) is 0 Å². The maximum absolute atomic E-state index is 11.6. The predicted molar refractivity (Wildman–Crippen MR) is 61.8 cm³/mol. The maximum atomic E-state index is 11.6. The van der Waals surface area contributed by atoms with Crippen molar-refractivity contribution in [3.63, 3.8) is 0 Å². The lowest BCUT2D eigenvalue weighted by Gasteiger charge is -2.01. The van der Waals surface area contributed by atoms with Gasteiger partial charge in [0, 0.05) is 11.8 Å². The molecule has 3 heteroatoms. The molecule has 0 radical (unpaired) electrons. The maximum Gasteiger partial charge on any atom is 0.255 e. The molecule has 0 bridgehead atoms. The molecular weight excluding hydrogens is 200 g/mol. The van der Waals surface area contributed by atoms with Gasteiger partial charge in [0.1, 0.15) is 0 Å². The second kappa shape index (κ2) is 4.45. The molecule has 1 aromatic heterocycles. The number of rotatable bonds is 2. The van der Waals surface area contributed by atoms with E-state index in [1.807, 2.05) is 30.3 Å². The lowest BCUT2D eigenvalue weighted by Crippen LogP contribution is -2.08. The number of aromatic nitrogens is 1. The second-order valence-electron chi connectivity index (χ2n) is 3.45. The summed E-state index contributed by atoms with van der Waals surface area (Å²) in [6.07, 6.45) is 1.88. The molecule has 1 aromatic carbocycles. The summed E-state index contributed by atoms with van der Waals surface area (Å²) < 4.78 is 0. The first kappa shape index (κ1) is 10.2. The highest BCUT2D eigenvalue weighted by Crippen LogP contribution is 2.15. The van der Waals surface area contributed by atoms with Gasteiger partial charge in [-0.15, -0.1) is 0 Å². The van der Waals surface area contributed by atoms with E-state index in [4.69, 9.17) is 5.26 Å². The molecule has 2 aromatic rings. The first-order valence-electron chi connectivity index (χ1n) is 4.95. The smallest absolute Gasteiger partial charge is 0.255 e. The zero-order valence-electron chi connectivity index (χ0n) is 8.60. The van der Waals surface area contributed by atoms with Crippen LogP contribution in [0.2, 0.25) is 0 Å². The van der Waals surface area contributed by atoms with Crippen molar-refractivity contribution in [3.05, 3.63) is 58.5 Å². The average molecular weight is 210 g/mol. The van der Waals surface area contributed by atoms with Gasteiger partial charge in [0.05, 0.1) is 12.5 Å². The Kier molecular flexibility index (Phi) is 2.84. The zero-order valence-corrected chi connectivity index (χ0v) is 8.60. The molecule has 0 fully saturated rings. The Morgan fingerprint density at radius 1 is 1.25 bits per heavy atom. The average Bonchev–Trinajstić information content (AvgIpc) is 2.33. The van der Waals surface area contributed by atoms with Crippen LogP contribution in [0.3, 0.4) is 0 Å². The van der Waals surface area contributed by atoms with Crippen molar-refractivity contribution in [1.29, 1.82) is 5.26 Å². The first-order valence-corrected chi connectivity index (χ1v) is 4.95. The highest BCUT2D eigenvalue weighted by Gasteiger charge is 2.03.